The van der Waals surface area contributed by atoms with Gasteiger partial charge in [0.15, 0.2) is 0 Å². The summed E-state index contributed by atoms with van der Waals surface area (Å²) in [5.41, 5.74) is 6.11. The molecule has 1 atom stereocenters. The van der Waals surface area contributed by atoms with Crippen LogP contribution in [0.15, 0.2) is 41.4 Å². The topological polar surface area (TPSA) is 15.6 Å². The van der Waals surface area contributed by atoms with Gasteiger partial charge >= 0.3 is 0 Å². The van der Waals surface area contributed by atoms with Crippen molar-refractivity contribution in [2.45, 2.75) is 65.3 Å². The predicted octanol–water partition coefficient (Wildman–Crippen LogP) is 7.16. The van der Waals surface area contributed by atoms with Gasteiger partial charge in [0.1, 0.15) is 0 Å². The van der Waals surface area contributed by atoms with Gasteiger partial charge in [-0.05, 0) is 74.4 Å². The van der Waals surface area contributed by atoms with Gasteiger partial charge in [0.25, 0.3) is 0 Å². The molecule has 2 aromatic carbocycles. The van der Waals surface area contributed by atoms with Gasteiger partial charge in [0.2, 0.25) is 0 Å². The second kappa shape index (κ2) is 8.06. The Morgan fingerprint density at radius 1 is 1.19 bits per heavy atom. The van der Waals surface area contributed by atoms with E-state index < -0.39 is 0 Å². The van der Waals surface area contributed by atoms with Crippen molar-refractivity contribution >= 4 is 29.2 Å². The van der Waals surface area contributed by atoms with Gasteiger partial charge in [-0.2, -0.15) is 0 Å². The van der Waals surface area contributed by atoms with Gasteiger partial charge in [-0.15, -0.1) is 0 Å². The van der Waals surface area contributed by atoms with Crippen molar-refractivity contribution in [3.05, 3.63) is 58.1 Å². The molecule has 0 N–H and O–H groups in total. The Balaban J connectivity index is 1.95. The lowest BCUT2D eigenvalue weighted by atomic mass is 9.79. The van der Waals surface area contributed by atoms with E-state index >= 15 is 0 Å². The molecular formula is C24H31ClN2. The molecule has 1 aliphatic heterocycles. The molecule has 3 heteroatoms. The van der Waals surface area contributed by atoms with E-state index in [0.717, 1.165) is 42.1 Å². The molecule has 0 amide bonds. The molecule has 1 aliphatic rings. The van der Waals surface area contributed by atoms with Crippen LogP contribution in [0.3, 0.4) is 0 Å². The zero-order chi connectivity index (χ0) is 19.6. The molecule has 2 nitrogen and oxygen atoms in total. The van der Waals surface area contributed by atoms with Crippen LogP contribution in [-0.4, -0.2) is 18.3 Å². The summed E-state index contributed by atoms with van der Waals surface area (Å²) < 4.78 is 0. The van der Waals surface area contributed by atoms with Crippen molar-refractivity contribution in [3.8, 4) is 0 Å². The molecule has 0 saturated carbocycles. The molecule has 1 heterocycles. The molecule has 0 bridgehead atoms. The van der Waals surface area contributed by atoms with Crippen LogP contribution in [0, 0.1) is 0 Å². The smallest absolute Gasteiger partial charge is 0.0630 e. The number of anilines is 1. The van der Waals surface area contributed by atoms with Crippen LogP contribution < -0.4 is 4.90 Å². The predicted molar refractivity (Wildman–Crippen MR) is 119 cm³/mol. The molecule has 3 rings (SSSR count). The quantitative estimate of drug-likeness (QED) is 0.501. The van der Waals surface area contributed by atoms with Gasteiger partial charge in [0.05, 0.1) is 10.7 Å². The first-order valence-electron chi connectivity index (χ1n) is 10.1. The first-order chi connectivity index (χ1) is 12.9. The van der Waals surface area contributed by atoms with Gasteiger partial charge in [-0.1, -0.05) is 44.5 Å². The summed E-state index contributed by atoms with van der Waals surface area (Å²) >= 11 is 6.66. The third kappa shape index (κ3) is 4.21. The standard InChI is InChI=1S/C24H31ClN2/c1-6-12-27-23-14-22(25)19(13-21(23)17(3)15-24(27,4)5)16-26-20-10-8-18(7-2)9-11-20/h8-11,13-14,16-17H,6-7,12,15H2,1-5H3. The van der Waals surface area contributed by atoms with E-state index in [9.17, 15) is 0 Å². The average molecular weight is 383 g/mol. The van der Waals surface area contributed by atoms with Crippen LogP contribution in [-0.2, 0) is 6.42 Å². The molecular weight excluding hydrogens is 352 g/mol. The lowest BCUT2D eigenvalue weighted by molar-refractivity contribution is 0.376. The maximum atomic E-state index is 6.66. The molecule has 1 unspecified atom stereocenters. The maximum Gasteiger partial charge on any atom is 0.0630 e. The summed E-state index contributed by atoms with van der Waals surface area (Å²) in [5, 5.41) is 0.772. The number of nitrogens with zero attached hydrogens (tertiary/aromatic N) is 2. The number of halogens is 1. The van der Waals surface area contributed by atoms with E-state index in [1.807, 2.05) is 6.21 Å². The van der Waals surface area contributed by atoms with E-state index in [4.69, 9.17) is 11.6 Å². The van der Waals surface area contributed by atoms with Gasteiger partial charge < -0.3 is 4.90 Å². The zero-order valence-corrected chi connectivity index (χ0v) is 18.0. The second-order valence-corrected chi connectivity index (χ2v) is 8.69. The largest absolute Gasteiger partial charge is 0.366 e. The fourth-order valence-electron chi connectivity index (χ4n) is 4.23. The highest BCUT2D eigenvalue weighted by atomic mass is 35.5. The Morgan fingerprint density at radius 2 is 1.89 bits per heavy atom. The van der Waals surface area contributed by atoms with E-state index in [0.29, 0.717) is 5.92 Å². The van der Waals surface area contributed by atoms with E-state index in [-0.39, 0.29) is 5.54 Å². The number of aliphatic imine (C=N–C) groups is 1. The number of hydrogen-bond acceptors (Lipinski definition) is 2. The van der Waals surface area contributed by atoms with Gasteiger partial charge in [-0.3, -0.25) is 4.99 Å². The highest BCUT2D eigenvalue weighted by Crippen LogP contribution is 2.45. The minimum absolute atomic E-state index is 0.155. The van der Waals surface area contributed by atoms with Crippen LogP contribution in [0.1, 0.15) is 70.1 Å². The zero-order valence-electron chi connectivity index (χ0n) is 17.2. The number of aryl methyl sites for hydroxylation is 1. The minimum Gasteiger partial charge on any atom is -0.366 e. The van der Waals surface area contributed by atoms with Crippen LogP contribution in [0.25, 0.3) is 0 Å². The van der Waals surface area contributed by atoms with Gasteiger partial charge in [-0.25, -0.2) is 0 Å². The Morgan fingerprint density at radius 3 is 2.52 bits per heavy atom. The summed E-state index contributed by atoms with van der Waals surface area (Å²) in [6.45, 7) is 12.5. The molecule has 0 spiro atoms. The maximum absolute atomic E-state index is 6.66. The first-order valence-corrected chi connectivity index (χ1v) is 10.5. The summed E-state index contributed by atoms with van der Waals surface area (Å²) in [6.07, 6.45) is 5.23. The van der Waals surface area contributed by atoms with Crippen molar-refractivity contribution in [3.63, 3.8) is 0 Å². The van der Waals surface area contributed by atoms with Crippen molar-refractivity contribution in [2.75, 3.05) is 11.4 Å². The van der Waals surface area contributed by atoms with Crippen LogP contribution >= 0.6 is 11.6 Å². The highest BCUT2D eigenvalue weighted by Gasteiger charge is 2.36. The molecule has 0 fully saturated rings. The molecule has 144 valence electrons. The van der Waals surface area contributed by atoms with Crippen molar-refractivity contribution in [1.29, 1.82) is 0 Å². The third-order valence-electron chi connectivity index (χ3n) is 5.65. The van der Waals surface area contributed by atoms with E-state index in [1.165, 1.54) is 16.8 Å². The molecule has 0 saturated heterocycles. The third-order valence-corrected chi connectivity index (χ3v) is 5.98. The number of benzene rings is 2. The molecule has 2 aromatic rings. The van der Waals surface area contributed by atoms with Crippen molar-refractivity contribution in [1.82, 2.24) is 0 Å². The van der Waals surface area contributed by atoms with E-state index in [1.54, 1.807) is 0 Å². The van der Waals surface area contributed by atoms with Crippen LogP contribution in [0.2, 0.25) is 5.02 Å². The number of rotatable bonds is 5. The molecule has 0 radical (unpaired) electrons. The summed E-state index contributed by atoms with van der Waals surface area (Å²) in [5.74, 6) is 0.511. The first kappa shape index (κ1) is 19.9. The normalized spacial score (nSPS) is 18.7. The van der Waals surface area contributed by atoms with Crippen LogP contribution in [0.5, 0.6) is 0 Å². The average Bonchev–Trinajstić information content (AvgIpc) is 2.64. The second-order valence-electron chi connectivity index (χ2n) is 8.28. The molecule has 0 aromatic heterocycles. The van der Waals surface area contributed by atoms with Gasteiger partial charge in [0, 0.05) is 29.5 Å². The lowest BCUT2D eigenvalue weighted by Crippen LogP contribution is -2.48. The number of fused-ring (bicyclic) bond motifs is 1. The van der Waals surface area contributed by atoms with Crippen LogP contribution in [0.4, 0.5) is 11.4 Å². The Labute approximate surface area is 169 Å². The van der Waals surface area contributed by atoms with Crippen molar-refractivity contribution < 1.29 is 0 Å². The Bertz CT molecular complexity index is 821. The summed E-state index contributed by atoms with van der Waals surface area (Å²) in [6, 6.07) is 12.8. The fourth-order valence-corrected chi connectivity index (χ4v) is 4.44. The Kier molecular flexibility index (Phi) is 5.95. The summed E-state index contributed by atoms with van der Waals surface area (Å²) in [4.78, 5) is 7.17. The fraction of sp³-hybridized carbons (Fsp3) is 0.458. The molecule has 0 aliphatic carbocycles. The van der Waals surface area contributed by atoms with Crippen molar-refractivity contribution in [2.24, 2.45) is 4.99 Å². The van der Waals surface area contributed by atoms with E-state index in [2.05, 4.69) is 80.9 Å². The number of hydrogen-bond donors (Lipinski definition) is 0. The highest BCUT2D eigenvalue weighted by molar-refractivity contribution is 6.33. The monoisotopic (exact) mass is 382 g/mol. The Hall–Kier alpha value is -1.80. The SMILES string of the molecule is CCCN1c2cc(Cl)c(C=Nc3ccc(CC)cc3)cc2C(C)CC1(C)C. The lowest BCUT2D eigenvalue weighted by Gasteiger charge is -2.47. The summed E-state index contributed by atoms with van der Waals surface area (Å²) in [7, 11) is 0. The molecule has 27 heavy (non-hydrogen) atoms. The minimum atomic E-state index is 0.155.